The molecular weight excluding hydrogens is 254 g/mol. The summed E-state index contributed by atoms with van der Waals surface area (Å²) in [7, 11) is 0. The summed E-state index contributed by atoms with van der Waals surface area (Å²) in [6.07, 6.45) is 1.23. The Morgan fingerprint density at radius 1 is 1.25 bits per heavy atom. The summed E-state index contributed by atoms with van der Waals surface area (Å²) in [6, 6.07) is 8.77. The molecule has 1 heterocycles. The van der Waals surface area contributed by atoms with E-state index in [1.807, 2.05) is 44.2 Å². The molecular formula is C16H21NO3. The standard InChI is InChI=1S/C16H21NO3/c1-11(2)8-13-9-15(19)17(16(13)20)14(10-18)12-6-4-3-5-7-12/h3-7,9,11,14,16,18,20H,8,10H2,1-2H3/t14-,16?/m1/s1. The predicted molar refractivity (Wildman–Crippen MR) is 76.7 cm³/mol. The molecule has 4 heteroatoms. The molecule has 2 N–H and O–H groups in total. The van der Waals surface area contributed by atoms with Crippen molar-refractivity contribution < 1.29 is 15.0 Å². The third-order valence-corrected chi connectivity index (χ3v) is 3.50. The lowest BCUT2D eigenvalue weighted by molar-refractivity contribution is -0.136. The summed E-state index contributed by atoms with van der Waals surface area (Å²) < 4.78 is 0. The number of carbonyl (C=O) groups is 1. The third-order valence-electron chi connectivity index (χ3n) is 3.50. The van der Waals surface area contributed by atoms with Gasteiger partial charge in [-0.1, -0.05) is 44.2 Å². The minimum Gasteiger partial charge on any atom is -0.394 e. The second kappa shape index (κ2) is 6.20. The molecule has 1 amide bonds. The molecule has 1 aromatic carbocycles. The Bertz CT molecular complexity index is 496. The van der Waals surface area contributed by atoms with Gasteiger partial charge in [0.25, 0.3) is 0 Å². The zero-order chi connectivity index (χ0) is 14.7. The molecule has 0 radical (unpaired) electrons. The largest absolute Gasteiger partial charge is 0.394 e. The Hall–Kier alpha value is -1.65. The highest BCUT2D eigenvalue weighted by Gasteiger charge is 2.36. The summed E-state index contributed by atoms with van der Waals surface area (Å²) >= 11 is 0. The van der Waals surface area contributed by atoms with Crippen molar-refractivity contribution in [3.63, 3.8) is 0 Å². The molecule has 1 aliphatic heterocycles. The highest BCUT2D eigenvalue weighted by atomic mass is 16.3. The fourth-order valence-corrected chi connectivity index (χ4v) is 2.60. The lowest BCUT2D eigenvalue weighted by Crippen LogP contribution is -2.40. The molecule has 2 rings (SSSR count). The highest BCUT2D eigenvalue weighted by Crippen LogP contribution is 2.31. The van der Waals surface area contributed by atoms with Crippen LogP contribution in [0.15, 0.2) is 42.0 Å². The number of amides is 1. The van der Waals surface area contributed by atoms with Gasteiger partial charge in [0.05, 0.1) is 12.6 Å². The molecule has 0 fully saturated rings. The third kappa shape index (κ3) is 2.92. The van der Waals surface area contributed by atoms with Crippen LogP contribution in [0.1, 0.15) is 31.9 Å². The Morgan fingerprint density at radius 3 is 2.45 bits per heavy atom. The van der Waals surface area contributed by atoms with Gasteiger partial charge in [-0.3, -0.25) is 4.79 Å². The monoisotopic (exact) mass is 275 g/mol. The quantitative estimate of drug-likeness (QED) is 0.862. The van der Waals surface area contributed by atoms with Crippen LogP contribution in [0.3, 0.4) is 0 Å². The molecule has 0 aliphatic carbocycles. The maximum atomic E-state index is 12.1. The molecule has 4 nitrogen and oxygen atoms in total. The number of hydrogen-bond acceptors (Lipinski definition) is 3. The van der Waals surface area contributed by atoms with E-state index in [0.717, 1.165) is 11.1 Å². The molecule has 1 unspecified atom stereocenters. The van der Waals surface area contributed by atoms with Gasteiger partial charge in [0.15, 0.2) is 6.23 Å². The number of benzene rings is 1. The second-order valence-electron chi connectivity index (χ2n) is 5.55. The predicted octanol–water partition coefficient (Wildman–Crippen LogP) is 1.85. The maximum absolute atomic E-state index is 12.1. The topological polar surface area (TPSA) is 60.8 Å². The van der Waals surface area contributed by atoms with Crippen LogP contribution < -0.4 is 0 Å². The number of nitrogens with zero attached hydrogens (tertiary/aromatic N) is 1. The number of aliphatic hydroxyl groups excluding tert-OH is 2. The molecule has 0 saturated heterocycles. The van der Waals surface area contributed by atoms with Crippen LogP contribution in [0.5, 0.6) is 0 Å². The Labute approximate surface area is 119 Å². The van der Waals surface area contributed by atoms with Crippen LogP contribution in [0.25, 0.3) is 0 Å². The normalized spacial score (nSPS) is 20.4. The van der Waals surface area contributed by atoms with Gasteiger partial charge in [0, 0.05) is 6.08 Å². The average molecular weight is 275 g/mol. The van der Waals surface area contributed by atoms with Gasteiger partial charge >= 0.3 is 0 Å². The summed E-state index contributed by atoms with van der Waals surface area (Å²) in [5.74, 6) is 0.129. The molecule has 0 saturated carbocycles. The van der Waals surface area contributed by atoms with Gasteiger partial charge < -0.3 is 15.1 Å². The van der Waals surface area contributed by atoms with Crippen molar-refractivity contribution >= 4 is 5.91 Å². The molecule has 0 aromatic heterocycles. The number of hydrogen-bond donors (Lipinski definition) is 2. The molecule has 0 bridgehead atoms. The van der Waals surface area contributed by atoms with E-state index in [-0.39, 0.29) is 12.5 Å². The van der Waals surface area contributed by atoms with E-state index in [9.17, 15) is 15.0 Å². The summed E-state index contributed by atoms with van der Waals surface area (Å²) in [5, 5.41) is 20.0. The van der Waals surface area contributed by atoms with Gasteiger partial charge in [-0.2, -0.15) is 0 Å². The van der Waals surface area contributed by atoms with Gasteiger partial charge in [-0.25, -0.2) is 0 Å². The van der Waals surface area contributed by atoms with Crippen molar-refractivity contribution in [1.82, 2.24) is 4.90 Å². The molecule has 1 aromatic rings. The first-order valence-corrected chi connectivity index (χ1v) is 6.91. The first-order valence-electron chi connectivity index (χ1n) is 6.91. The van der Waals surface area contributed by atoms with Crippen LogP contribution in [0.2, 0.25) is 0 Å². The average Bonchev–Trinajstić information content (AvgIpc) is 2.68. The first-order chi connectivity index (χ1) is 9.54. The van der Waals surface area contributed by atoms with Gasteiger partial charge in [-0.05, 0) is 23.5 Å². The van der Waals surface area contributed by atoms with E-state index >= 15 is 0 Å². The highest BCUT2D eigenvalue weighted by molar-refractivity contribution is 5.92. The minimum absolute atomic E-state index is 0.213. The van der Waals surface area contributed by atoms with Crippen LogP contribution in [0, 0.1) is 5.92 Å². The molecule has 108 valence electrons. The SMILES string of the molecule is CC(C)CC1=CC(=O)N([C@H](CO)c2ccccc2)C1O. The Morgan fingerprint density at radius 2 is 1.90 bits per heavy atom. The smallest absolute Gasteiger partial charge is 0.249 e. The Kier molecular flexibility index (Phi) is 4.57. The van der Waals surface area contributed by atoms with Crippen molar-refractivity contribution in [1.29, 1.82) is 0 Å². The second-order valence-corrected chi connectivity index (χ2v) is 5.55. The van der Waals surface area contributed by atoms with E-state index in [1.54, 1.807) is 0 Å². The zero-order valence-electron chi connectivity index (χ0n) is 11.9. The van der Waals surface area contributed by atoms with Crippen LogP contribution >= 0.6 is 0 Å². The number of rotatable bonds is 5. The lowest BCUT2D eigenvalue weighted by atomic mass is 10.0. The van der Waals surface area contributed by atoms with Crippen molar-refractivity contribution in [3.8, 4) is 0 Å². The maximum Gasteiger partial charge on any atom is 0.249 e. The summed E-state index contributed by atoms with van der Waals surface area (Å²) in [5.41, 5.74) is 1.54. The van der Waals surface area contributed by atoms with Crippen molar-refractivity contribution in [3.05, 3.63) is 47.5 Å². The van der Waals surface area contributed by atoms with E-state index in [2.05, 4.69) is 0 Å². The van der Waals surface area contributed by atoms with E-state index in [0.29, 0.717) is 12.3 Å². The van der Waals surface area contributed by atoms with Crippen LogP contribution in [-0.4, -0.2) is 33.9 Å². The number of aliphatic hydroxyl groups is 2. The summed E-state index contributed by atoms with van der Waals surface area (Å²) in [4.78, 5) is 13.5. The molecule has 1 aliphatic rings. The van der Waals surface area contributed by atoms with Gasteiger partial charge in [-0.15, -0.1) is 0 Å². The van der Waals surface area contributed by atoms with E-state index < -0.39 is 12.3 Å². The number of carbonyl (C=O) groups excluding carboxylic acids is 1. The lowest BCUT2D eigenvalue weighted by Gasteiger charge is -2.31. The molecule has 0 spiro atoms. The fraction of sp³-hybridized carbons (Fsp3) is 0.438. The van der Waals surface area contributed by atoms with Gasteiger partial charge in [0.2, 0.25) is 5.91 Å². The van der Waals surface area contributed by atoms with Gasteiger partial charge in [0.1, 0.15) is 0 Å². The van der Waals surface area contributed by atoms with E-state index in [1.165, 1.54) is 11.0 Å². The molecule has 2 atom stereocenters. The van der Waals surface area contributed by atoms with Crippen molar-refractivity contribution in [2.24, 2.45) is 5.92 Å². The molecule has 20 heavy (non-hydrogen) atoms. The zero-order valence-corrected chi connectivity index (χ0v) is 11.9. The van der Waals surface area contributed by atoms with E-state index in [4.69, 9.17) is 0 Å². The van der Waals surface area contributed by atoms with Crippen molar-refractivity contribution in [2.45, 2.75) is 32.5 Å². The van der Waals surface area contributed by atoms with Crippen molar-refractivity contribution in [2.75, 3.05) is 6.61 Å². The Balaban J connectivity index is 2.22. The fourth-order valence-electron chi connectivity index (χ4n) is 2.60. The van der Waals surface area contributed by atoms with Crippen LogP contribution in [0.4, 0.5) is 0 Å². The first kappa shape index (κ1) is 14.8. The minimum atomic E-state index is -0.942. The van der Waals surface area contributed by atoms with Crippen LogP contribution in [-0.2, 0) is 4.79 Å². The summed E-state index contributed by atoms with van der Waals surface area (Å²) in [6.45, 7) is 3.87.